The molecule has 9 heteroatoms. The summed E-state index contributed by atoms with van der Waals surface area (Å²) in [5.74, 6) is 0.141. The van der Waals surface area contributed by atoms with Crippen LogP contribution in [0.15, 0.2) is 42.7 Å². The number of fused-ring (bicyclic) bond motifs is 1. The summed E-state index contributed by atoms with van der Waals surface area (Å²) < 4.78 is 39.9. The lowest BCUT2D eigenvalue weighted by Crippen LogP contribution is -2.35. The van der Waals surface area contributed by atoms with Gasteiger partial charge in [0.1, 0.15) is 11.5 Å². The summed E-state index contributed by atoms with van der Waals surface area (Å²) >= 11 is 0. The number of hydrogen-bond acceptors (Lipinski definition) is 5. The number of hydrogen-bond donors (Lipinski definition) is 1. The van der Waals surface area contributed by atoms with Gasteiger partial charge in [0.25, 0.3) is 0 Å². The lowest BCUT2D eigenvalue weighted by atomic mass is 9.98. The number of piperidine rings is 1. The van der Waals surface area contributed by atoms with E-state index in [2.05, 4.69) is 27.2 Å². The Morgan fingerprint density at radius 1 is 1.12 bits per heavy atom. The molecule has 1 N–H and O–H groups in total. The van der Waals surface area contributed by atoms with Crippen molar-refractivity contribution in [3.8, 4) is 0 Å². The van der Waals surface area contributed by atoms with Gasteiger partial charge in [-0.3, -0.25) is 14.8 Å². The maximum atomic E-state index is 13.3. The maximum Gasteiger partial charge on any atom is 0.433 e. The zero-order valence-electron chi connectivity index (χ0n) is 18.6. The maximum absolute atomic E-state index is 13.3. The molecule has 1 fully saturated rings. The summed E-state index contributed by atoms with van der Waals surface area (Å²) in [5, 5.41) is 2.87. The number of nitrogens with one attached hydrogen (secondary N) is 1. The van der Waals surface area contributed by atoms with E-state index >= 15 is 0 Å². The summed E-state index contributed by atoms with van der Waals surface area (Å²) in [6.45, 7) is 5.31. The summed E-state index contributed by atoms with van der Waals surface area (Å²) in [5.41, 5.74) is 1.88. The molecule has 1 unspecified atom stereocenters. The molecule has 4 rings (SSSR count). The van der Waals surface area contributed by atoms with Gasteiger partial charge in [-0.25, -0.2) is 4.98 Å². The van der Waals surface area contributed by atoms with Crippen LogP contribution >= 0.6 is 0 Å². The SMILES string of the molecule is CC1CCN(c2nc(C(F)(F)F)ccc2CNC(=O)C(C)c2ccc3nccnc3c2)CC1. The van der Waals surface area contributed by atoms with Crippen molar-refractivity contribution in [3.05, 3.63) is 59.5 Å². The van der Waals surface area contributed by atoms with Crippen LogP contribution in [-0.2, 0) is 17.5 Å². The Labute approximate surface area is 190 Å². The third-order valence-electron chi connectivity index (χ3n) is 6.17. The number of carbonyl (C=O) groups excluding carboxylic acids is 1. The highest BCUT2D eigenvalue weighted by molar-refractivity contribution is 5.85. The average Bonchev–Trinajstić information content (AvgIpc) is 2.81. The van der Waals surface area contributed by atoms with E-state index in [1.807, 2.05) is 23.1 Å². The van der Waals surface area contributed by atoms with Crippen molar-refractivity contribution in [3.63, 3.8) is 0 Å². The van der Waals surface area contributed by atoms with Crippen LogP contribution in [0.2, 0.25) is 0 Å². The first-order valence-corrected chi connectivity index (χ1v) is 11.0. The molecule has 0 radical (unpaired) electrons. The molecule has 0 saturated carbocycles. The van der Waals surface area contributed by atoms with E-state index in [1.165, 1.54) is 6.07 Å². The van der Waals surface area contributed by atoms with Crippen molar-refractivity contribution >= 4 is 22.8 Å². The summed E-state index contributed by atoms with van der Waals surface area (Å²) in [7, 11) is 0. The number of carbonyl (C=O) groups is 1. The molecular weight excluding hydrogens is 431 g/mol. The molecule has 1 atom stereocenters. The van der Waals surface area contributed by atoms with Crippen LogP contribution in [0.1, 0.15) is 49.4 Å². The minimum atomic E-state index is -4.52. The van der Waals surface area contributed by atoms with Gasteiger partial charge in [0, 0.05) is 37.6 Å². The average molecular weight is 458 g/mol. The largest absolute Gasteiger partial charge is 0.433 e. The van der Waals surface area contributed by atoms with E-state index in [1.54, 1.807) is 19.3 Å². The van der Waals surface area contributed by atoms with Crippen molar-refractivity contribution in [1.29, 1.82) is 0 Å². The molecule has 0 bridgehead atoms. The van der Waals surface area contributed by atoms with Crippen molar-refractivity contribution in [2.75, 3.05) is 18.0 Å². The third-order valence-corrected chi connectivity index (χ3v) is 6.17. The Hall–Kier alpha value is -3.23. The van der Waals surface area contributed by atoms with Gasteiger partial charge in [-0.15, -0.1) is 0 Å². The zero-order valence-corrected chi connectivity index (χ0v) is 18.6. The zero-order chi connectivity index (χ0) is 23.6. The molecule has 0 spiro atoms. The Bertz CT molecular complexity index is 1140. The normalized spacial score (nSPS) is 16.1. The van der Waals surface area contributed by atoms with Gasteiger partial charge in [0.15, 0.2) is 0 Å². The molecule has 1 saturated heterocycles. The number of amides is 1. The van der Waals surface area contributed by atoms with Gasteiger partial charge in [-0.2, -0.15) is 13.2 Å². The van der Waals surface area contributed by atoms with Crippen LogP contribution in [0.25, 0.3) is 11.0 Å². The van der Waals surface area contributed by atoms with E-state index < -0.39 is 17.8 Å². The first-order valence-electron chi connectivity index (χ1n) is 11.0. The van der Waals surface area contributed by atoms with Crippen LogP contribution in [-0.4, -0.2) is 33.9 Å². The number of rotatable bonds is 5. The first kappa shape index (κ1) is 22.9. The second kappa shape index (κ2) is 9.33. The standard InChI is InChI=1S/C24H26F3N5O/c1-15-7-11-32(12-8-15)22-18(4-6-21(31-22)24(25,26)27)14-30-23(33)16(2)17-3-5-19-20(13-17)29-10-9-28-19/h3-6,9-10,13,15-16H,7-8,11-12,14H2,1-2H3,(H,30,33). The molecule has 33 heavy (non-hydrogen) atoms. The number of halogens is 3. The Morgan fingerprint density at radius 2 is 1.82 bits per heavy atom. The fraction of sp³-hybridized carbons (Fsp3) is 0.417. The number of anilines is 1. The minimum absolute atomic E-state index is 0.100. The Morgan fingerprint density at radius 3 is 2.52 bits per heavy atom. The highest BCUT2D eigenvalue weighted by Gasteiger charge is 2.34. The van der Waals surface area contributed by atoms with Crippen molar-refractivity contribution in [2.24, 2.45) is 5.92 Å². The quantitative estimate of drug-likeness (QED) is 0.601. The van der Waals surface area contributed by atoms with Crippen LogP contribution in [0.5, 0.6) is 0 Å². The monoisotopic (exact) mass is 457 g/mol. The minimum Gasteiger partial charge on any atom is -0.356 e. The highest BCUT2D eigenvalue weighted by atomic mass is 19.4. The Balaban J connectivity index is 1.51. The number of aromatic nitrogens is 3. The van der Waals surface area contributed by atoms with Crippen LogP contribution in [0.3, 0.4) is 0 Å². The lowest BCUT2D eigenvalue weighted by molar-refractivity contribution is -0.141. The molecule has 6 nitrogen and oxygen atoms in total. The highest BCUT2D eigenvalue weighted by Crippen LogP contribution is 2.32. The number of benzene rings is 1. The van der Waals surface area contributed by atoms with Gasteiger partial charge < -0.3 is 10.2 Å². The first-order chi connectivity index (χ1) is 15.7. The second-order valence-electron chi connectivity index (χ2n) is 8.59. The lowest BCUT2D eigenvalue weighted by Gasteiger charge is -2.33. The molecule has 1 aromatic carbocycles. The molecule has 1 amide bonds. The number of pyridine rings is 1. The Kier molecular flexibility index (Phi) is 6.49. The van der Waals surface area contributed by atoms with Crippen molar-refractivity contribution in [2.45, 2.75) is 45.3 Å². The van der Waals surface area contributed by atoms with Crippen LogP contribution in [0.4, 0.5) is 19.0 Å². The van der Waals surface area contributed by atoms with Gasteiger partial charge in [-0.05, 0) is 49.4 Å². The van der Waals surface area contributed by atoms with Crippen LogP contribution < -0.4 is 10.2 Å². The third kappa shape index (κ3) is 5.23. The molecule has 2 aromatic heterocycles. The molecule has 3 aromatic rings. The van der Waals surface area contributed by atoms with E-state index in [0.717, 1.165) is 30.0 Å². The van der Waals surface area contributed by atoms with Gasteiger partial charge in [-0.1, -0.05) is 19.1 Å². The molecular formula is C24H26F3N5O. The second-order valence-corrected chi connectivity index (χ2v) is 8.59. The number of nitrogens with zero attached hydrogens (tertiary/aromatic N) is 4. The van der Waals surface area contributed by atoms with E-state index in [4.69, 9.17) is 0 Å². The fourth-order valence-electron chi connectivity index (χ4n) is 4.00. The van der Waals surface area contributed by atoms with Gasteiger partial charge in [0.2, 0.25) is 5.91 Å². The summed E-state index contributed by atoms with van der Waals surface area (Å²) in [4.78, 5) is 27.2. The van der Waals surface area contributed by atoms with Crippen LogP contribution in [0, 0.1) is 5.92 Å². The topological polar surface area (TPSA) is 71.0 Å². The predicted molar refractivity (Wildman–Crippen MR) is 120 cm³/mol. The van der Waals surface area contributed by atoms with Crippen molar-refractivity contribution in [1.82, 2.24) is 20.3 Å². The molecule has 1 aliphatic rings. The number of alkyl halides is 3. The van der Waals surface area contributed by atoms with Gasteiger partial charge in [0.05, 0.1) is 17.0 Å². The molecule has 1 aliphatic heterocycles. The summed E-state index contributed by atoms with van der Waals surface area (Å²) in [6.07, 6.45) is 0.471. The predicted octanol–water partition coefficient (Wildman–Crippen LogP) is 4.70. The van der Waals surface area contributed by atoms with E-state index in [0.29, 0.717) is 35.9 Å². The van der Waals surface area contributed by atoms with Gasteiger partial charge >= 0.3 is 6.18 Å². The molecule has 174 valence electrons. The molecule has 0 aliphatic carbocycles. The molecule has 3 heterocycles. The smallest absolute Gasteiger partial charge is 0.356 e. The fourth-order valence-corrected chi connectivity index (χ4v) is 4.00. The van der Waals surface area contributed by atoms with E-state index in [-0.39, 0.29) is 12.5 Å². The summed E-state index contributed by atoms with van der Waals surface area (Å²) in [6, 6.07) is 7.87. The van der Waals surface area contributed by atoms with E-state index in [9.17, 15) is 18.0 Å². The van der Waals surface area contributed by atoms with Crippen molar-refractivity contribution < 1.29 is 18.0 Å².